The minimum atomic E-state index is -0.0664. The Morgan fingerprint density at radius 3 is 2.87 bits per heavy atom. The summed E-state index contributed by atoms with van der Waals surface area (Å²) in [7, 11) is 1.44. The molecule has 0 saturated heterocycles. The van der Waals surface area contributed by atoms with Gasteiger partial charge < -0.3 is 9.84 Å². The fourth-order valence-electron chi connectivity index (χ4n) is 1.18. The lowest BCUT2D eigenvalue weighted by molar-refractivity contribution is 0.374. The normalized spacial score (nSPS) is 10.3. The van der Waals surface area contributed by atoms with E-state index in [1.165, 1.54) is 19.2 Å². The van der Waals surface area contributed by atoms with Crippen molar-refractivity contribution in [2.24, 2.45) is 0 Å². The molecule has 0 unspecified atom stereocenters. The fourth-order valence-corrected chi connectivity index (χ4v) is 1.38. The minimum Gasteiger partial charge on any atom is -0.504 e. The number of benzene rings is 1. The van der Waals surface area contributed by atoms with Crippen molar-refractivity contribution in [2.75, 3.05) is 7.11 Å². The van der Waals surface area contributed by atoms with Crippen molar-refractivity contribution in [3.63, 3.8) is 0 Å². The zero-order chi connectivity index (χ0) is 10.8. The van der Waals surface area contributed by atoms with Gasteiger partial charge in [0.1, 0.15) is 0 Å². The number of ether oxygens (including phenoxy) is 1. The number of hydrogen-bond acceptors (Lipinski definition) is 5. The van der Waals surface area contributed by atoms with E-state index in [0.717, 1.165) is 0 Å². The number of nitrogens with one attached hydrogen (secondary N) is 1. The summed E-state index contributed by atoms with van der Waals surface area (Å²) in [6.45, 7) is 0. The second kappa shape index (κ2) is 3.74. The Balaban J connectivity index is 2.61. The molecule has 2 rings (SSSR count). The van der Waals surface area contributed by atoms with E-state index >= 15 is 0 Å². The van der Waals surface area contributed by atoms with E-state index in [2.05, 4.69) is 20.6 Å². The van der Waals surface area contributed by atoms with Crippen molar-refractivity contribution in [1.29, 1.82) is 0 Å². The molecule has 0 radical (unpaired) electrons. The number of tetrazole rings is 1. The Morgan fingerprint density at radius 2 is 2.27 bits per heavy atom. The molecule has 0 aliphatic carbocycles. The molecule has 7 heteroatoms. The summed E-state index contributed by atoms with van der Waals surface area (Å²) in [5.74, 6) is 0.457. The SMILES string of the molecule is COc1cc(Cl)cc(-c2nn[nH]n2)c1O. The highest BCUT2D eigenvalue weighted by Crippen LogP contribution is 2.37. The van der Waals surface area contributed by atoms with Gasteiger partial charge in [-0.25, -0.2) is 0 Å². The molecule has 2 aromatic rings. The number of nitrogens with zero attached hydrogens (tertiary/aromatic N) is 3. The number of aromatic nitrogens is 4. The van der Waals surface area contributed by atoms with Crippen LogP contribution >= 0.6 is 11.6 Å². The molecule has 0 atom stereocenters. The Labute approximate surface area is 89.8 Å². The lowest BCUT2D eigenvalue weighted by Gasteiger charge is -2.06. The lowest BCUT2D eigenvalue weighted by Crippen LogP contribution is -1.88. The second-order valence-electron chi connectivity index (χ2n) is 2.74. The Morgan fingerprint density at radius 1 is 1.47 bits per heavy atom. The monoisotopic (exact) mass is 226 g/mol. The molecule has 1 aromatic heterocycles. The van der Waals surface area contributed by atoms with Gasteiger partial charge in [0.2, 0.25) is 5.82 Å². The summed E-state index contributed by atoms with van der Waals surface area (Å²) in [5.41, 5.74) is 0.369. The first-order valence-corrected chi connectivity index (χ1v) is 4.40. The van der Waals surface area contributed by atoms with E-state index < -0.39 is 0 Å². The maximum Gasteiger partial charge on any atom is 0.208 e. The number of phenols is 1. The first-order chi connectivity index (χ1) is 7.22. The molecule has 0 fully saturated rings. The lowest BCUT2D eigenvalue weighted by atomic mass is 10.2. The maximum absolute atomic E-state index is 9.78. The van der Waals surface area contributed by atoms with Gasteiger partial charge in [-0.1, -0.05) is 11.6 Å². The third-order valence-corrected chi connectivity index (χ3v) is 2.06. The largest absolute Gasteiger partial charge is 0.504 e. The highest BCUT2D eigenvalue weighted by molar-refractivity contribution is 6.31. The quantitative estimate of drug-likeness (QED) is 0.805. The van der Waals surface area contributed by atoms with Crippen LogP contribution in [0, 0.1) is 0 Å². The van der Waals surface area contributed by atoms with E-state index in [1.807, 2.05) is 0 Å². The summed E-state index contributed by atoms with van der Waals surface area (Å²) >= 11 is 5.84. The van der Waals surface area contributed by atoms with E-state index in [0.29, 0.717) is 10.6 Å². The van der Waals surface area contributed by atoms with Crippen LogP contribution in [-0.4, -0.2) is 32.8 Å². The first-order valence-electron chi connectivity index (χ1n) is 4.02. The molecule has 15 heavy (non-hydrogen) atoms. The minimum absolute atomic E-state index is 0.0664. The molecule has 2 N–H and O–H groups in total. The first kappa shape index (κ1) is 9.72. The summed E-state index contributed by atoms with van der Waals surface area (Å²) in [4.78, 5) is 0. The molecule has 0 amide bonds. The van der Waals surface area contributed by atoms with Gasteiger partial charge in [-0.3, -0.25) is 0 Å². The zero-order valence-electron chi connectivity index (χ0n) is 7.73. The van der Waals surface area contributed by atoms with E-state index in [-0.39, 0.29) is 17.3 Å². The van der Waals surface area contributed by atoms with Crippen LogP contribution in [0.25, 0.3) is 11.4 Å². The smallest absolute Gasteiger partial charge is 0.208 e. The molecule has 1 heterocycles. The number of aromatic hydroxyl groups is 1. The summed E-state index contributed by atoms with van der Waals surface area (Å²) in [6.07, 6.45) is 0. The van der Waals surface area contributed by atoms with Crippen molar-refractivity contribution < 1.29 is 9.84 Å². The molecular weight excluding hydrogens is 220 g/mol. The Kier molecular flexibility index (Phi) is 2.42. The van der Waals surface area contributed by atoms with E-state index in [9.17, 15) is 5.11 Å². The van der Waals surface area contributed by atoms with Crippen LogP contribution in [0.4, 0.5) is 0 Å². The van der Waals surface area contributed by atoms with Crippen molar-refractivity contribution in [1.82, 2.24) is 20.6 Å². The Bertz CT molecular complexity index is 472. The number of rotatable bonds is 2. The number of aromatic amines is 1. The van der Waals surface area contributed by atoms with Gasteiger partial charge in [-0.05, 0) is 11.3 Å². The molecular formula is C8H7ClN4O2. The van der Waals surface area contributed by atoms with Crippen molar-refractivity contribution in [2.45, 2.75) is 0 Å². The molecule has 0 aliphatic heterocycles. The van der Waals surface area contributed by atoms with Gasteiger partial charge in [0.05, 0.1) is 12.7 Å². The van der Waals surface area contributed by atoms with Crippen LogP contribution in [0.3, 0.4) is 0 Å². The van der Waals surface area contributed by atoms with E-state index in [4.69, 9.17) is 16.3 Å². The number of halogens is 1. The molecule has 78 valence electrons. The average Bonchev–Trinajstić information content (AvgIpc) is 2.74. The van der Waals surface area contributed by atoms with Gasteiger partial charge in [0.25, 0.3) is 0 Å². The molecule has 1 aromatic carbocycles. The van der Waals surface area contributed by atoms with Crippen LogP contribution in [0.15, 0.2) is 12.1 Å². The zero-order valence-corrected chi connectivity index (χ0v) is 8.49. The van der Waals surface area contributed by atoms with Crippen LogP contribution in [-0.2, 0) is 0 Å². The average molecular weight is 227 g/mol. The standard InChI is InChI=1S/C8H7ClN4O2/c1-15-6-3-4(9)2-5(7(6)14)8-10-12-13-11-8/h2-3,14H,1H3,(H,10,11,12,13). The molecule has 0 saturated carbocycles. The topological polar surface area (TPSA) is 83.9 Å². The van der Waals surface area contributed by atoms with Gasteiger partial charge >= 0.3 is 0 Å². The maximum atomic E-state index is 9.78. The molecule has 0 aliphatic rings. The van der Waals surface area contributed by atoms with Crippen LogP contribution in [0.2, 0.25) is 5.02 Å². The van der Waals surface area contributed by atoms with Crippen molar-refractivity contribution >= 4 is 11.6 Å². The van der Waals surface area contributed by atoms with Gasteiger partial charge in [-0.2, -0.15) is 5.21 Å². The molecule has 0 spiro atoms. The van der Waals surface area contributed by atoms with E-state index in [1.54, 1.807) is 0 Å². The number of phenolic OH excluding ortho intramolecular Hbond substituents is 1. The third kappa shape index (κ3) is 1.71. The summed E-state index contributed by atoms with van der Waals surface area (Å²) in [5, 5.41) is 23.4. The number of methoxy groups -OCH3 is 1. The highest BCUT2D eigenvalue weighted by Gasteiger charge is 2.14. The predicted octanol–water partition coefficient (Wildman–Crippen LogP) is 1.23. The van der Waals surface area contributed by atoms with Gasteiger partial charge in [0, 0.05) is 11.1 Å². The Hall–Kier alpha value is -1.82. The third-order valence-electron chi connectivity index (χ3n) is 1.85. The number of H-pyrrole nitrogens is 1. The van der Waals surface area contributed by atoms with Crippen LogP contribution in [0.5, 0.6) is 11.5 Å². The molecule has 6 nitrogen and oxygen atoms in total. The molecule has 0 bridgehead atoms. The fraction of sp³-hybridized carbons (Fsp3) is 0.125. The van der Waals surface area contributed by atoms with Crippen LogP contribution in [0.1, 0.15) is 0 Å². The second-order valence-corrected chi connectivity index (χ2v) is 3.18. The number of hydrogen-bond donors (Lipinski definition) is 2. The van der Waals surface area contributed by atoms with Crippen molar-refractivity contribution in [3.8, 4) is 22.9 Å². The van der Waals surface area contributed by atoms with Crippen LogP contribution < -0.4 is 4.74 Å². The highest BCUT2D eigenvalue weighted by atomic mass is 35.5. The van der Waals surface area contributed by atoms with Gasteiger partial charge in [-0.15, -0.1) is 10.2 Å². The van der Waals surface area contributed by atoms with Gasteiger partial charge in [0.15, 0.2) is 11.5 Å². The van der Waals surface area contributed by atoms with Crippen molar-refractivity contribution in [3.05, 3.63) is 17.2 Å². The summed E-state index contributed by atoms with van der Waals surface area (Å²) < 4.78 is 4.94. The predicted molar refractivity (Wildman–Crippen MR) is 52.8 cm³/mol. The summed E-state index contributed by atoms with van der Waals surface area (Å²) in [6, 6.07) is 3.03.